The van der Waals surface area contributed by atoms with Gasteiger partial charge in [-0.1, -0.05) is 30.4 Å². The fraction of sp³-hybridized carbons (Fsp3) is 0.143. The molecule has 0 fully saturated rings. The molecule has 1 aromatic rings. The highest BCUT2D eigenvalue weighted by Gasteiger charge is 2.20. The van der Waals surface area contributed by atoms with E-state index in [-0.39, 0.29) is 5.78 Å². The zero-order valence-electron chi connectivity index (χ0n) is 9.44. The summed E-state index contributed by atoms with van der Waals surface area (Å²) in [6.45, 7) is 0. The number of hydrogen-bond donors (Lipinski definition) is 2. The summed E-state index contributed by atoms with van der Waals surface area (Å²) in [4.78, 5) is 11.6. The predicted octanol–water partition coefficient (Wildman–Crippen LogP) is 2.32. The molecule has 0 aliphatic heterocycles. The molecule has 2 rings (SSSR count). The molecule has 0 saturated heterocycles. The Morgan fingerprint density at radius 2 is 2.18 bits per heavy atom. The molecule has 0 radical (unpaired) electrons. The molecular formula is C14H14N2O. The minimum absolute atomic E-state index is 0.219. The van der Waals surface area contributed by atoms with Crippen LogP contribution in [-0.4, -0.2) is 12.0 Å². The summed E-state index contributed by atoms with van der Waals surface area (Å²) in [7, 11) is 0. The van der Waals surface area contributed by atoms with Gasteiger partial charge in [-0.2, -0.15) is 0 Å². The molecule has 0 aromatic heterocycles. The lowest BCUT2D eigenvalue weighted by atomic mass is 10.0. The first kappa shape index (κ1) is 11.3. The zero-order chi connectivity index (χ0) is 12.3. The smallest absolute Gasteiger partial charge is 0.163 e. The van der Waals surface area contributed by atoms with E-state index < -0.39 is 0 Å². The van der Waals surface area contributed by atoms with Crippen LogP contribution in [0.1, 0.15) is 27.9 Å². The van der Waals surface area contributed by atoms with Crippen LogP contribution in [0, 0.1) is 5.41 Å². The lowest BCUT2D eigenvalue weighted by molar-refractivity contribution is 0.0994. The standard InChI is InChI=1S/C14H14N2O/c15-8-10(9-16)4-5-11-2-1-3-13-12(11)6-7-14(13)17/h1-5,8-9,15H,6-7,16H2/b5-4+,10-9-,15-8?. The van der Waals surface area contributed by atoms with Gasteiger partial charge in [-0.05, 0) is 17.5 Å². The van der Waals surface area contributed by atoms with Crippen LogP contribution < -0.4 is 5.73 Å². The summed E-state index contributed by atoms with van der Waals surface area (Å²) in [5.41, 5.74) is 8.99. The number of carbonyl (C=O) groups is 1. The number of benzene rings is 1. The summed E-state index contributed by atoms with van der Waals surface area (Å²) in [6, 6.07) is 5.74. The van der Waals surface area contributed by atoms with E-state index in [2.05, 4.69) is 0 Å². The molecule has 3 nitrogen and oxygen atoms in total. The highest BCUT2D eigenvalue weighted by Crippen LogP contribution is 2.26. The van der Waals surface area contributed by atoms with Crippen LogP contribution in [0.15, 0.2) is 36.0 Å². The third kappa shape index (κ3) is 2.18. The average Bonchev–Trinajstić information content (AvgIpc) is 2.73. The number of Topliss-reactive ketones (excluding diaryl/α,β-unsaturated/α-hetero) is 1. The largest absolute Gasteiger partial charge is 0.404 e. The number of fused-ring (bicyclic) bond motifs is 1. The van der Waals surface area contributed by atoms with Crippen molar-refractivity contribution < 1.29 is 4.79 Å². The number of hydrogen-bond acceptors (Lipinski definition) is 3. The molecule has 3 N–H and O–H groups in total. The van der Waals surface area contributed by atoms with E-state index in [9.17, 15) is 4.79 Å². The second-order valence-electron chi connectivity index (χ2n) is 3.94. The first-order valence-electron chi connectivity index (χ1n) is 5.52. The van der Waals surface area contributed by atoms with E-state index in [1.807, 2.05) is 24.3 Å². The fourth-order valence-corrected chi connectivity index (χ4v) is 2.01. The van der Waals surface area contributed by atoms with Gasteiger partial charge >= 0.3 is 0 Å². The number of rotatable bonds is 3. The maximum absolute atomic E-state index is 11.6. The van der Waals surface area contributed by atoms with Crippen LogP contribution in [0.3, 0.4) is 0 Å². The van der Waals surface area contributed by atoms with Gasteiger partial charge in [0.1, 0.15) is 0 Å². The lowest BCUT2D eigenvalue weighted by Crippen LogP contribution is -1.92. The highest BCUT2D eigenvalue weighted by molar-refractivity contribution is 6.01. The van der Waals surface area contributed by atoms with Crippen LogP contribution in [0.2, 0.25) is 0 Å². The van der Waals surface area contributed by atoms with E-state index in [1.54, 1.807) is 6.08 Å². The Bertz CT molecular complexity index is 527. The monoisotopic (exact) mass is 226 g/mol. The molecule has 0 amide bonds. The molecule has 1 aliphatic carbocycles. The van der Waals surface area contributed by atoms with Gasteiger partial charge in [-0.25, -0.2) is 0 Å². The molecule has 0 heterocycles. The molecule has 0 atom stereocenters. The van der Waals surface area contributed by atoms with Gasteiger partial charge in [0.2, 0.25) is 0 Å². The molecule has 17 heavy (non-hydrogen) atoms. The topological polar surface area (TPSA) is 66.9 Å². The Morgan fingerprint density at radius 3 is 2.88 bits per heavy atom. The van der Waals surface area contributed by atoms with Crippen molar-refractivity contribution in [3.8, 4) is 0 Å². The normalized spacial score (nSPS) is 15.3. The second kappa shape index (κ2) is 4.78. The average molecular weight is 226 g/mol. The van der Waals surface area contributed by atoms with Crippen LogP contribution in [-0.2, 0) is 6.42 Å². The molecule has 1 aliphatic rings. The van der Waals surface area contributed by atoms with Crippen LogP contribution >= 0.6 is 0 Å². The lowest BCUT2D eigenvalue weighted by Gasteiger charge is -2.02. The minimum Gasteiger partial charge on any atom is -0.404 e. The molecule has 0 unspecified atom stereocenters. The molecular weight excluding hydrogens is 212 g/mol. The molecule has 0 bridgehead atoms. The Kier molecular flexibility index (Phi) is 3.19. The van der Waals surface area contributed by atoms with Crippen molar-refractivity contribution in [1.82, 2.24) is 0 Å². The van der Waals surface area contributed by atoms with Gasteiger partial charge in [-0.15, -0.1) is 0 Å². The summed E-state index contributed by atoms with van der Waals surface area (Å²) in [5.74, 6) is 0.219. The third-order valence-corrected chi connectivity index (χ3v) is 2.93. The number of nitrogens with two attached hydrogens (primary N) is 1. The van der Waals surface area contributed by atoms with Crippen molar-refractivity contribution in [3.63, 3.8) is 0 Å². The minimum atomic E-state index is 0.219. The Morgan fingerprint density at radius 1 is 1.35 bits per heavy atom. The Balaban J connectivity index is 2.36. The Hall–Kier alpha value is -2.16. The van der Waals surface area contributed by atoms with Gasteiger partial charge in [-0.3, -0.25) is 4.79 Å². The first-order chi connectivity index (χ1) is 8.26. The van der Waals surface area contributed by atoms with Gasteiger partial charge in [0.25, 0.3) is 0 Å². The SMILES string of the molecule is N=CC(=C\N)/C=C/c1cccc2c1CCC2=O. The van der Waals surface area contributed by atoms with E-state index >= 15 is 0 Å². The number of ketones is 1. The zero-order valence-corrected chi connectivity index (χ0v) is 9.44. The van der Waals surface area contributed by atoms with Gasteiger partial charge in [0.15, 0.2) is 5.78 Å². The Labute approximate surface area is 100 Å². The molecule has 3 heteroatoms. The van der Waals surface area contributed by atoms with Crippen molar-refractivity contribution in [2.45, 2.75) is 12.8 Å². The van der Waals surface area contributed by atoms with E-state index in [0.29, 0.717) is 12.0 Å². The quantitative estimate of drug-likeness (QED) is 0.613. The maximum atomic E-state index is 11.6. The second-order valence-corrected chi connectivity index (χ2v) is 3.94. The van der Waals surface area contributed by atoms with Crippen LogP contribution in [0.25, 0.3) is 6.08 Å². The maximum Gasteiger partial charge on any atom is 0.163 e. The van der Waals surface area contributed by atoms with Crippen molar-refractivity contribution >= 4 is 18.1 Å². The van der Waals surface area contributed by atoms with Crippen molar-refractivity contribution in [2.24, 2.45) is 5.73 Å². The molecule has 1 aromatic carbocycles. The van der Waals surface area contributed by atoms with Gasteiger partial charge < -0.3 is 11.1 Å². The van der Waals surface area contributed by atoms with Gasteiger partial charge in [0, 0.05) is 30.0 Å². The summed E-state index contributed by atoms with van der Waals surface area (Å²) in [6.07, 6.45) is 7.68. The van der Waals surface area contributed by atoms with E-state index in [0.717, 1.165) is 23.1 Å². The fourth-order valence-electron chi connectivity index (χ4n) is 2.01. The number of nitrogens with one attached hydrogen (secondary N) is 1. The summed E-state index contributed by atoms with van der Waals surface area (Å²) < 4.78 is 0. The molecule has 0 saturated carbocycles. The van der Waals surface area contributed by atoms with E-state index in [4.69, 9.17) is 11.1 Å². The third-order valence-electron chi connectivity index (χ3n) is 2.93. The predicted molar refractivity (Wildman–Crippen MR) is 69.2 cm³/mol. The van der Waals surface area contributed by atoms with Crippen molar-refractivity contribution in [1.29, 1.82) is 5.41 Å². The van der Waals surface area contributed by atoms with Crippen LogP contribution in [0.5, 0.6) is 0 Å². The summed E-state index contributed by atoms with van der Waals surface area (Å²) >= 11 is 0. The molecule has 86 valence electrons. The highest BCUT2D eigenvalue weighted by atomic mass is 16.1. The van der Waals surface area contributed by atoms with Crippen molar-refractivity contribution in [3.05, 3.63) is 52.7 Å². The first-order valence-corrected chi connectivity index (χ1v) is 5.52. The van der Waals surface area contributed by atoms with E-state index in [1.165, 1.54) is 12.4 Å². The van der Waals surface area contributed by atoms with Gasteiger partial charge in [0.05, 0.1) is 0 Å². The summed E-state index contributed by atoms with van der Waals surface area (Å²) in [5, 5.41) is 7.13. The number of allylic oxidation sites excluding steroid dienone is 2. The van der Waals surface area contributed by atoms with Crippen molar-refractivity contribution in [2.75, 3.05) is 0 Å². The molecule has 0 spiro atoms. The van der Waals surface area contributed by atoms with Crippen LogP contribution in [0.4, 0.5) is 0 Å². The number of carbonyl (C=O) groups excluding carboxylic acids is 1.